The van der Waals surface area contributed by atoms with Crippen molar-refractivity contribution < 1.29 is 0 Å². The summed E-state index contributed by atoms with van der Waals surface area (Å²) in [5, 5.41) is 6.49. The van der Waals surface area contributed by atoms with Crippen LogP contribution in [0.5, 0.6) is 0 Å². The van der Waals surface area contributed by atoms with Crippen molar-refractivity contribution in [1.29, 1.82) is 0 Å². The molecule has 4 aromatic carbocycles. The van der Waals surface area contributed by atoms with Crippen molar-refractivity contribution in [3.8, 4) is 11.3 Å². The molecule has 0 aliphatic heterocycles. The summed E-state index contributed by atoms with van der Waals surface area (Å²) in [6.45, 7) is 0. The summed E-state index contributed by atoms with van der Waals surface area (Å²) in [6, 6.07) is 32.9. The highest BCUT2D eigenvalue weighted by Gasteiger charge is 2.17. The first-order valence-electron chi connectivity index (χ1n) is 9.63. The van der Waals surface area contributed by atoms with Gasteiger partial charge in [0.2, 0.25) is 0 Å². The lowest BCUT2D eigenvalue weighted by Gasteiger charge is -2.03. The summed E-state index contributed by atoms with van der Waals surface area (Å²) >= 11 is 0. The fraction of sp³-hybridized carbons (Fsp3) is 0. The molecule has 0 saturated carbocycles. The maximum absolute atomic E-state index is 3.53. The Bertz CT molecular complexity index is 1660. The van der Waals surface area contributed by atoms with E-state index in [-0.39, 0.29) is 0 Å². The lowest BCUT2D eigenvalue weighted by molar-refractivity contribution is 1.30. The van der Waals surface area contributed by atoms with E-state index in [1.54, 1.807) is 0 Å². The molecule has 0 amide bonds. The normalized spacial score (nSPS) is 12.3. The van der Waals surface area contributed by atoms with E-state index in [0.29, 0.717) is 0 Å². The number of aromatic nitrogens is 2. The first-order chi connectivity index (χ1) is 13.9. The Kier molecular flexibility index (Phi) is 2.52. The second-order valence-electron chi connectivity index (χ2n) is 7.56. The summed E-state index contributed by atoms with van der Waals surface area (Å²) in [7, 11) is 0. The van der Waals surface area contributed by atoms with Gasteiger partial charge >= 0.3 is 0 Å². The topological polar surface area (TPSA) is 20.2 Å². The maximum Gasteiger partial charge on any atom is 0.0614 e. The Balaban J connectivity index is 1.64. The average Bonchev–Trinajstić information content (AvgIpc) is 3.41. The SMILES string of the molecule is c1ccc2c(c1)[nH]c1ccc(-c3cc4cccc5c6ccccc6n3c45)cc12. The molecule has 7 rings (SSSR count). The van der Waals surface area contributed by atoms with Crippen LogP contribution in [-0.2, 0) is 0 Å². The van der Waals surface area contributed by atoms with Gasteiger partial charge in [0, 0.05) is 38.0 Å². The molecule has 2 nitrogen and oxygen atoms in total. The van der Waals surface area contributed by atoms with Crippen LogP contribution in [0.4, 0.5) is 0 Å². The second-order valence-corrected chi connectivity index (χ2v) is 7.56. The fourth-order valence-electron chi connectivity index (χ4n) is 4.84. The molecule has 0 atom stereocenters. The highest BCUT2D eigenvalue weighted by atomic mass is 14.9. The number of rotatable bonds is 1. The Morgan fingerprint density at radius 1 is 0.571 bits per heavy atom. The number of nitrogens with one attached hydrogen (secondary N) is 1. The van der Waals surface area contributed by atoms with Crippen molar-refractivity contribution in [3.05, 3.63) is 91.0 Å². The van der Waals surface area contributed by atoms with E-state index in [9.17, 15) is 0 Å². The van der Waals surface area contributed by atoms with Crippen LogP contribution in [0.3, 0.4) is 0 Å². The Morgan fingerprint density at radius 2 is 1.36 bits per heavy atom. The number of para-hydroxylation sites is 3. The van der Waals surface area contributed by atoms with Crippen molar-refractivity contribution in [3.63, 3.8) is 0 Å². The zero-order valence-corrected chi connectivity index (χ0v) is 15.1. The molecule has 7 aromatic rings. The minimum absolute atomic E-state index is 1.18. The number of benzene rings is 4. The largest absolute Gasteiger partial charge is 0.355 e. The third-order valence-corrected chi connectivity index (χ3v) is 6.06. The Labute approximate surface area is 161 Å². The van der Waals surface area contributed by atoms with Gasteiger partial charge in [0.15, 0.2) is 0 Å². The molecule has 3 heterocycles. The van der Waals surface area contributed by atoms with Gasteiger partial charge in [-0.1, -0.05) is 60.7 Å². The number of hydrogen-bond acceptors (Lipinski definition) is 0. The molecule has 0 saturated heterocycles. The van der Waals surface area contributed by atoms with E-state index in [1.165, 1.54) is 60.3 Å². The van der Waals surface area contributed by atoms with Crippen LogP contribution in [0, 0.1) is 0 Å². The molecule has 28 heavy (non-hydrogen) atoms. The summed E-state index contributed by atoms with van der Waals surface area (Å²) in [5.41, 5.74) is 7.46. The Morgan fingerprint density at radius 3 is 2.32 bits per heavy atom. The highest BCUT2D eigenvalue weighted by Crippen LogP contribution is 2.39. The number of H-pyrrole nitrogens is 1. The van der Waals surface area contributed by atoms with Crippen LogP contribution < -0.4 is 0 Å². The predicted molar refractivity (Wildman–Crippen MR) is 118 cm³/mol. The van der Waals surface area contributed by atoms with Crippen molar-refractivity contribution in [2.45, 2.75) is 0 Å². The second kappa shape index (κ2) is 4.93. The van der Waals surface area contributed by atoms with Crippen molar-refractivity contribution in [2.75, 3.05) is 0 Å². The quantitative estimate of drug-likeness (QED) is 0.327. The molecule has 2 heteroatoms. The number of aromatic amines is 1. The summed E-state index contributed by atoms with van der Waals surface area (Å²) in [4.78, 5) is 3.53. The van der Waals surface area contributed by atoms with E-state index in [0.717, 1.165) is 0 Å². The monoisotopic (exact) mass is 356 g/mol. The first-order valence-corrected chi connectivity index (χ1v) is 9.63. The molecule has 3 aromatic heterocycles. The molecule has 0 fully saturated rings. The molecule has 0 aliphatic carbocycles. The summed E-state index contributed by atoms with van der Waals surface area (Å²) in [5.74, 6) is 0. The molecule has 0 radical (unpaired) electrons. The minimum Gasteiger partial charge on any atom is -0.355 e. The molecule has 0 spiro atoms. The molecule has 1 N–H and O–H groups in total. The van der Waals surface area contributed by atoms with Crippen LogP contribution in [0.2, 0.25) is 0 Å². The zero-order chi connectivity index (χ0) is 18.2. The molecule has 0 unspecified atom stereocenters. The molecular weight excluding hydrogens is 340 g/mol. The number of nitrogens with zero attached hydrogens (tertiary/aromatic N) is 1. The summed E-state index contributed by atoms with van der Waals surface area (Å²) in [6.07, 6.45) is 0. The maximum atomic E-state index is 3.53. The van der Waals surface area contributed by atoms with Crippen LogP contribution in [0.25, 0.3) is 60.3 Å². The third kappa shape index (κ3) is 1.68. The lowest BCUT2D eigenvalue weighted by Crippen LogP contribution is -1.85. The van der Waals surface area contributed by atoms with Crippen LogP contribution in [0.1, 0.15) is 0 Å². The van der Waals surface area contributed by atoms with Gasteiger partial charge in [-0.3, -0.25) is 0 Å². The highest BCUT2D eigenvalue weighted by molar-refractivity contribution is 6.16. The lowest BCUT2D eigenvalue weighted by atomic mass is 10.1. The van der Waals surface area contributed by atoms with Crippen molar-refractivity contribution >= 4 is 49.0 Å². The van der Waals surface area contributed by atoms with Gasteiger partial charge in [-0.05, 0) is 35.9 Å². The van der Waals surface area contributed by atoms with Crippen LogP contribution in [-0.4, -0.2) is 9.38 Å². The van der Waals surface area contributed by atoms with Gasteiger partial charge in [0.25, 0.3) is 0 Å². The van der Waals surface area contributed by atoms with Gasteiger partial charge in [-0.2, -0.15) is 0 Å². The average molecular weight is 356 g/mol. The van der Waals surface area contributed by atoms with E-state index in [2.05, 4.69) is 100 Å². The van der Waals surface area contributed by atoms with Crippen LogP contribution >= 0.6 is 0 Å². The predicted octanol–water partition coefficient (Wildman–Crippen LogP) is 6.99. The zero-order valence-electron chi connectivity index (χ0n) is 15.1. The van der Waals surface area contributed by atoms with Gasteiger partial charge in [0.1, 0.15) is 0 Å². The van der Waals surface area contributed by atoms with Gasteiger partial charge in [-0.15, -0.1) is 0 Å². The molecule has 130 valence electrons. The van der Waals surface area contributed by atoms with E-state index >= 15 is 0 Å². The smallest absolute Gasteiger partial charge is 0.0614 e. The summed E-state index contributed by atoms with van der Waals surface area (Å²) < 4.78 is 2.43. The fourth-order valence-corrected chi connectivity index (χ4v) is 4.84. The minimum atomic E-state index is 1.18. The number of hydrogen-bond donors (Lipinski definition) is 1. The van der Waals surface area contributed by atoms with E-state index in [4.69, 9.17) is 0 Å². The molecular formula is C26H16N2. The van der Waals surface area contributed by atoms with Crippen LogP contribution in [0.15, 0.2) is 91.0 Å². The standard InChI is InChI=1S/C26H16N2/c1-3-10-22-18(7-1)21-14-16(12-13-23(21)27-22)25-15-17-6-5-9-20-19-8-2-4-11-24(19)28(25)26(17)20/h1-15,27H. The first kappa shape index (κ1) is 14.3. The number of fused-ring (bicyclic) bond motifs is 6. The molecule has 0 aliphatic rings. The van der Waals surface area contributed by atoms with Gasteiger partial charge < -0.3 is 9.38 Å². The van der Waals surface area contributed by atoms with E-state index < -0.39 is 0 Å². The van der Waals surface area contributed by atoms with Gasteiger partial charge in [-0.25, -0.2) is 0 Å². The molecule has 0 bridgehead atoms. The van der Waals surface area contributed by atoms with Gasteiger partial charge in [0.05, 0.1) is 16.7 Å². The van der Waals surface area contributed by atoms with Crippen molar-refractivity contribution in [2.24, 2.45) is 0 Å². The van der Waals surface area contributed by atoms with Crippen molar-refractivity contribution in [1.82, 2.24) is 9.38 Å². The Hall–Kier alpha value is -3.78. The third-order valence-electron chi connectivity index (χ3n) is 6.06. The van der Waals surface area contributed by atoms with E-state index in [1.807, 2.05) is 0 Å².